The molecule has 0 radical (unpaired) electrons. The van der Waals surface area contributed by atoms with Crippen LogP contribution < -0.4 is 0 Å². The fraction of sp³-hybridized carbons (Fsp3) is 1.00. The summed E-state index contributed by atoms with van der Waals surface area (Å²) in [6, 6.07) is 0. The Morgan fingerprint density at radius 2 is 1.39 bits per heavy atom. The summed E-state index contributed by atoms with van der Waals surface area (Å²) in [6.45, 7) is 10.4. The second kappa shape index (κ2) is 8.86. The first-order valence-electron chi connectivity index (χ1n) is 6.71. The van der Waals surface area contributed by atoms with Gasteiger partial charge in [0.15, 0.2) is 0 Å². The second-order valence-corrected chi connectivity index (χ2v) is 5.79. The van der Waals surface area contributed by atoms with Crippen LogP contribution in [0, 0.1) is 0 Å². The summed E-state index contributed by atoms with van der Waals surface area (Å²) in [4.78, 5) is 0. The number of aliphatic hydroxyl groups is 1. The van der Waals surface area contributed by atoms with Crippen molar-refractivity contribution in [2.45, 2.75) is 58.2 Å². The van der Waals surface area contributed by atoms with E-state index < -0.39 is 0 Å². The van der Waals surface area contributed by atoms with E-state index in [2.05, 4.69) is 13.8 Å². The van der Waals surface area contributed by atoms with Crippen LogP contribution in [0.25, 0.3) is 0 Å². The summed E-state index contributed by atoms with van der Waals surface area (Å²) < 4.78 is 16.5. The van der Waals surface area contributed by atoms with Gasteiger partial charge in [0.2, 0.25) is 0 Å². The fourth-order valence-corrected chi connectivity index (χ4v) is 1.54. The number of methoxy groups -OCH3 is 1. The second-order valence-electron chi connectivity index (χ2n) is 5.79. The normalized spacial score (nSPS) is 13.0. The van der Waals surface area contributed by atoms with Crippen molar-refractivity contribution < 1.29 is 19.3 Å². The van der Waals surface area contributed by atoms with Gasteiger partial charge in [-0.1, -0.05) is 0 Å². The first-order valence-corrected chi connectivity index (χ1v) is 6.71. The molecule has 0 unspecified atom stereocenters. The van der Waals surface area contributed by atoms with Gasteiger partial charge in [0.05, 0.1) is 17.8 Å². The van der Waals surface area contributed by atoms with Crippen LogP contribution in [0.2, 0.25) is 0 Å². The number of rotatable bonds is 11. The SMILES string of the molecule is COCCCOC(C)(C)CCOC(C)(C)CCO. The van der Waals surface area contributed by atoms with Crippen molar-refractivity contribution in [3.63, 3.8) is 0 Å². The maximum Gasteiger partial charge on any atom is 0.0648 e. The van der Waals surface area contributed by atoms with Crippen LogP contribution in [0.4, 0.5) is 0 Å². The lowest BCUT2D eigenvalue weighted by Gasteiger charge is -2.29. The fourth-order valence-electron chi connectivity index (χ4n) is 1.54. The summed E-state index contributed by atoms with van der Waals surface area (Å²) >= 11 is 0. The van der Waals surface area contributed by atoms with Crippen LogP contribution in [0.5, 0.6) is 0 Å². The van der Waals surface area contributed by atoms with Crippen LogP contribution >= 0.6 is 0 Å². The van der Waals surface area contributed by atoms with Gasteiger partial charge < -0.3 is 19.3 Å². The molecule has 0 aromatic heterocycles. The van der Waals surface area contributed by atoms with Gasteiger partial charge in [-0.25, -0.2) is 0 Å². The maximum absolute atomic E-state index is 8.91. The van der Waals surface area contributed by atoms with E-state index in [4.69, 9.17) is 19.3 Å². The van der Waals surface area contributed by atoms with E-state index in [1.54, 1.807) is 7.11 Å². The van der Waals surface area contributed by atoms with Gasteiger partial charge in [0, 0.05) is 26.9 Å². The quantitative estimate of drug-likeness (QED) is 0.581. The average molecular weight is 262 g/mol. The van der Waals surface area contributed by atoms with E-state index in [1.807, 2.05) is 13.8 Å². The molecule has 0 heterocycles. The zero-order valence-corrected chi connectivity index (χ0v) is 12.6. The number of hydrogen-bond acceptors (Lipinski definition) is 4. The average Bonchev–Trinajstić information content (AvgIpc) is 2.23. The van der Waals surface area contributed by atoms with Crippen LogP contribution in [0.15, 0.2) is 0 Å². The van der Waals surface area contributed by atoms with Gasteiger partial charge in [-0.05, 0) is 47.0 Å². The third-order valence-corrected chi connectivity index (χ3v) is 2.90. The molecule has 110 valence electrons. The molecule has 0 saturated heterocycles. The minimum absolute atomic E-state index is 0.157. The van der Waals surface area contributed by atoms with Crippen molar-refractivity contribution in [1.82, 2.24) is 0 Å². The third-order valence-electron chi connectivity index (χ3n) is 2.90. The minimum atomic E-state index is -0.263. The van der Waals surface area contributed by atoms with Gasteiger partial charge >= 0.3 is 0 Å². The standard InChI is InChI=1S/C14H30O4/c1-13(2,7-9-15)18-12-8-14(3,4)17-11-6-10-16-5/h15H,6-12H2,1-5H3. The van der Waals surface area contributed by atoms with E-state index in [0.29, 0.717) is 19.6 Å². The molecule has 0 fully saturated rings. The van der Waals surface area contributed by atoms with Crippen LogP contribution in [0.3, 0.4) is 0 Å². The smallest absolute Gasteiger partial charge is 0.0648 e. The molecule has 0 aromatic rings. The molecule has 0 rings (SSSR count). The van der Waals surface area contributed by atoms with Gasteiger partial charge in [0.25, 0.3) is 0 Å². The van der Waals surface area contributed by atoms with Crippen LogP contribution in [-0.4, -0.2) is 49.8 Å². The van der Waals surface area contributed by atoms with Crippen molar-refractivity contribution in [3.05, 3.63) is 0 Å². The zero-order valence-electron chi connectivity index (χ0n) is 12.6. The summed E-state index contributed by atoms with van der Waals surface area (Å²) in [5.41, 5.74) is -0.441. The van der Waals surface area contributed by atoms with Crippen LogP contribution in [-0.2, 0) is 14.2 Å². The zero-order chi connectivity index (χ0) is 14.1. The van der Waals surface area contributed by atoms with Gasteiger partial charge in [-0.2, -0.15) is 0 Å². The summed E-state index contributed by atoms with van der Waals surface area (Å²) in [7, 11) is 1.70. The molecule has 0 bridgehead atoms. The van der Waals surface area contributed by atoms with Gasteiger partial charge in [0.1, 0.15) is 0 Å². The molecule has 0 amide bonds. The Bertz CT molecular complexity index is 202. The molecule has 0 atom stereocenters. The van der Waals surface area contributed by atoms with Gasteiger partial charge in [-0.15, -0.1) is 0 Å². The molecular weight excluding hydrogens is 232 g/mol. The number of hydrogen-bond donors (Lipinski definition) is 1. The van der Waals surface area contributed by atoms with Crippen molar-refractivity contribution in [1.29, 1.82) is 0 Å². The van der Waals surface area contributed by atoms with E-state index >= 15 is 0 Å². The van der Waals surface area contributed by atoms with E-state index in [9.17, 15) is 0 Å². The highest BCUT2D eigenvalue weighted by Gasteiger charge is 2.22. The van der Waals surface area contributed by atoms with E-state index in [-0.39, 0.29) is 17.8 Å². The minimum Gasteiger partial charge on any atom is -0.396 e. The largest absolute Gasteiger partial charge is 0.396 e. The van der Waals surface area contributed by atoms with Crippen LogP contribution in [0.1, 0.15) is 47.0 Å². The van der Waals surface area contributed by atoms with Gasteiger partial charge in [-0.3, -0.25) is 0 Å². The topological polar surface area (TPSA) is 47.9 Å². The van der Waals surface area contributed by atoms with E-state index in [1.165, 1.54) is 0 Å². The molecule has 4 heteroatoms. The molecule has 0 aliphatic carbocycles. The van der Waals surface area contributed by atoms with Crippen molar-refractivity contribution in [2.75, 3.05) is 33.5 Å². The Labute approximate surface area is 112 Å². The monoisotopic (exact) mass is 262 g/mol. The lowest BCUT2D eigenvalue weighted by atomic mass is 10.0. The molecule has 0 saturated carbocycles. The molecule has 1 N–H and O–H groups in total. The Balaban J connectivity index is 3.75. The Hall–Kier alpha value is -0.160. The lowest BCUT2D eigenvalue weighted by Crippen LogP contribution is -2.31. The first-order chi connectivity index (χ1) is 8.33. The molecule has 0 aliphatic heterocycles. The molecule has 4 nitrogen and oxygen atoms in total. The van der Waals surface area contributed by atoms with Crippen molar-refractivity contribution in [2.24, 2.45) is 0 Å². The Morgan fingerprint density at radius 3 is 1.94 bits per heavy atom. The van der Waals surface area contributed by atoms with Crippen molar-refractivity contribution >= 4 is 0 Å². The number of aliphatic hydroxyl groups excluding tert-OH is 1. The summed E-state index contributed by atoms with van der Waals surface area (Å²) in [5.74, 6) is 0. The van der Waals surface area contributed by atoms with E-state index in [0.717, 1.165) is 19.4 Å². The molecule has 0 aromatic carbocycles. The third kappa shape index (κ3) is 9.83. The highest BCUT2D eigenvalue weighted by molar-refractivity contribution is 4.72. The lowest BCUT2D eigenvalue weighted by molar-refractivity contribution is -0.0795. The predicted octanol–water partition coefficient (Wildman–Crippen LogP) is 2.39. The number of ether oxygens (including phenoxy) is 3. The molecule has 0 aliphatic rings. The Kier molecular flexibility index (Phi) is 8.78. The highest BCUT2D eigenvalue weighted by Crippen LogP contribution is 2.19. The summed E-state index contributed by atoms with van der Waals surface area (Å²) in [5, 5.41) is 8.91. The van der Waals surface area contributed by atoms with Crippen molar-refractivity contribution in [3.8, 4) is 0 Å². The first kappa shape index (κ1) is 17.8. The predicted molar refractivity (Wildman–Crippen MR) is 72.9 cm³/mol. The molecular formula is C14H30O4. The summed E-state index contributed by atoms with van der Waals surface area (Å²) in [6.07, 6.45) is 2.41. The molecule has 18 heavy (non-hydrogen) atoms. The molecule has 0 spiro atoms. The maximum atomic E-state index is 8.91. The highest BCUT2D eigenvalue weighted by atomic mass is 16.5. The Morgan fingerprint density at radius 1 is 0.833 bits per heavy atom.